The van der Waals surface area contributed by atoms with Crippen molar-refractivity contribution < 1.29 is 4.42 Å². The molecule has 6 rings (SSSR count). The number of oxazole rings is 1. The number of H-pyrrole nitrogens is 1. The first-order chi connectivity index (χ1) is 13.3. The van der Waals surface area contributed by atoms with Crippen molar-refractivity contribution in [2.75, 3.05) is 0 Å². The maximum Gasteiger partial charge on any atom is 0.227 e. The number of imidazole rings is 1. The SMILES string of the molecule is c1ccc2[nH]c(-c3ccc4oc(-c5ccc6scnc6c5)nc4c3)nc2c1. The summed E-state index contributed by atoms with van der Waals surface area (Å²) in [6, 6.07) is 20.0. The van der Waals surface area contributed by atoms with Gasteiger partial charge < -0.3 is 9.40 Å². The normalized spacial score (nSPS) is 11.7. The van der Waals surface area contributed by atoms with E-state index >= 15 is 0 Å². The average molecular weight is 368 g/mol. The first-order valence-electron chi connectivity index (χ1n) is 8.53. The molecule has 0 aliphatic rings. The van der Waals surface area contributed by atoms with Crippen molar-refractivity contribution in [2.45, 2.75) is 0 Å². The molecule has 5 nitrogen and oxygen atoms in total. The zero-order chi connectivity index (χ0) is 17.8. The molecule has 0 saturated carbocycles. The molecule has 0 bridgehead atoms. The van der Waals surface area contributed by atoms with E-state index in [1.165, 1.54) is 0 Å². The molecular formula is C21H12N4OS. The summed E-state index contributed by atoms with van der Waals surface area (Å²) in [4.78, 5) is 17.1. The molecule has 0 spiro atoms. The number of aromatic nitrogens is 4. The lowest BCUT2D eigenvalue weighted by atomic mass is 10.2. The molecule has 1 N–H and O–H groups in total. The van der Waals surface area contributed by atoms with Crippen LogP contribution >= 0.6 is 11.3 Å². The predicted molar refractivity (Wildman–Crippen MR) is 108 cm³/mol. The number of hydrogen-bond acceptors (Lipinski definition) is 5. The van der Waals surface area contributed by atoms with Gasteiger partial charge in [0.2, 0.25) is 5.89 Å². The Morgan fingerprint density at radius 2 is 1.70 bits per heavy atom. The summed E-state index contributed by atoms with van der Waals surface area (Å²) in [5, 5.41) is 0. The van der Waals surface area contributed by atoms with Gasteiger partial charge in [0.15, 0.2) is 5.58 Å². The van der Waals surface area contributed by atoms with Gasteiger partial charge in [0, 0.05) is 11.1 Å². The largest absolute Gasteiger partial charge is 0.436 e. The van der Waals surface area contributed by atoms with Crippen LogP contribution in [0, 0.1) is 0 Å². The Labute approximate surface area is 157 Å². The standard InChI is InChI=1S/C21H12N4OS/c1-2-4-15-14(3-1)23-20(24-15)12-5-7-18-16(9-12)25-21(26-18)13-6-8-19-17(10-13)22-11-27-19/h1-11H,(H,23,24). The van der Waals surface area contributed by atoms with Gasteiger partial charge in [-0.2, -0.15) is 0 Å². The van der Waals surface area contributed by atoms with E-state index in [1.54, 1.807) is 11.3 Å². The van der Waals surface area contributed by atoms with Crippen LogP contribution < -0.4 is 0 Å². The van der Waals surface area contributed by atoms with Gasteiger partial charge in [-0.25, -0.2) is 15.0 Å². The Bertz CT molecular complexity index is 1410. The van der Waals surface area contributed by atoms with Gasteiger partial charge in [-0.3, -0.25) is 0 Å². The van der Waals surface area contributed by atoms with Crippen LogP contribution in [0.1, 0.15) is 0 Å². The molecular weight excluding hydrogens is 356 g/mol. The molecule has 3 aromatic carbocycles. The molecule has 0 amide bonds. The van der Waals surface area contributed by atoms with E-state index in [1.807, 2.05) is 60.1 Å². The van der Waals surface area contributed by atoms with Crippen LogP contribution in [0.5, 0.6) is 0 Å². The second kappa shape index (κ2) is 5.49. The molecule has 3 heterocycles. The molecule has 27 heavy (non-hydrogen) atoms. The highest BCUT2D eigenvalue weighted by molar-refractivity contribution is 7.16. The third kappa shape index (κ3) is 2.34. The lowest BCUT2D eigenvalue weighted by molar-refractivity contribution is 0.620. The summed E-state index contributed by atoms with van der Waals surface area (Å²) in [7, 11) is 0. The van der Waals surface area contributed by atoms with E-state index in [2.05, 4.69) is 26.0 Å². The van der Waals surface area contributed by atoms with Gasteiger partial charge in [0.05, 0.1) is 26.8 Å². The van der Waals surface area contributed by atoms with Gasteiger partial charge >= 0.3 is 0 Å². The molecule has 6 aromatic rings. The highest BCUT2D eigenvalue weighted by Gasteiger charge is 2.12. The highest BCUT2D eigenvalue weighted by Crippen LogP contribution is 2.30. The first-order valence-corrected chi connectivity index (χ1v) is 9.41. The van der Waals surface area contributed by atoms with Gasteiger partial charge in [-0.15, -0.1) is 11.3 Å². The molecule has 0 atom stereocenters. The molecule has 6 heteroatoms. The van der Waals surface area contributed by atoms with E-state index in [0.29, 0.717) is 5.89 Å². The van der Waals surface area contributed by atoms with Crippen LogP contribution in [0.4, 0.5) is 0 Å². The number of benzene rings is 3. The van der Waals surface area contributed by atoms with E-state index in [0.717, 1.165) is 49.3 Å². The summed E-state index contributed by atoms with van der Waals surface area (Å²) in [6.07, 6.45) is 0. The van der Waals surface area contributed by atoms with Crippen LogP contribution in [0.15, 0.2) is 70.6 Å². The predicted octanol–water partition coefficient (Wildman–Crippen LogP) is 5.65. The first kappa shape index (κ1) is 14.6. The molecule has 0 aliphatic carbocycles. The number of thiazole rings is 1. The minimum atomic E-state index is 0.599. The summed E-state index contributed by atoms with van der Waals surface area (Å²) in [6.45, 7) is 0. The van der Waals surface area contributed by atoms with Crippen LogP contribution in [0.25, 0.3) is 55.2 Å². The van der Waals surface area contributed by atoms with E-state index in [-0.39, 0.29) is 0 Å². The van der Waals surface area contributed by atoms with Gasteiger partial charge in [-0.1, -0.05) is 12.1 Å². The van der Waals surface area contributed by atoms with Crippen molar-refractivity contribution >= 4 is 43.7 Å². The third-order valence-electron chi connectivity index (χ3n) is 4.63. The number of fused-ring (bicyclic) bond motifs is 3. The quantitative estimate of drug-likeness (QED) is 0.429. The van der Waals surface area contributed by atoms with E-state index in [9.17, 15) is 0 Å². The molecule has 3 aromatic heterocycles. The second-order valence-corrected chi connectivity index (χ2v) is 7.23. The Kier molecular flexibility index (Phi) is 2.98. The van der Waals surface area contributed by atoms with Crippen LogP contribution in [-0.2, 0) is 0 Å². The number of aromatic amines is 1. The Morgan fingerprint density at radius 3 is 2.67 bits per heavy atom. The number of para-hydroxylation sites is 2. The zero-order valence-electron chi connectivity index (χ0n) is 14.0. The number of nitrogens with one attached hydrogen (secondary N) is 1. The summed E-state index contributed by atoms with van der Waals surface area (Å²) < 4.78 is 7.12. The maximum absolute atomic E-state index is 5.96. The highest BCUT2D eigenvalue weighted by atomic mass is 32.1. The Morgan fingerprint density at radius 1 is 0.815 bits per heavy atom. The van der Waals surface area contributed by atoms with Crippen molar-refractivity contribution in [2.24, 2.45) is 0 Å². The number of nitrogens with zero attached hydrogens (tertiary/aromatic N) is 3. The minimum Gasteiger partial charge on any atom is -0.436 e. The van der Waals surface area contributed by atoms with Crippen molar-refractivity contribution in [3.63, 3.8) is 0 Å². The van der Waals surface area contributed by atoms with Crippen molar-refractivity contribution in [1.29, 1.82) is 0 Å². The van der Waals surface area contributed by atoms with Crippen LogP contribution in [0.2, 0.25) is 0 Å². The van der Waals surface area contributed by atoms with Gasteiger partial charge in [-0.05, 0) is 48.5 Å². The zero-order valence-corrected chi connectivity index (χ0v) is 14.8. The fraction of sp³-hybridized carbons (Fsp3) is 0. The molecule has 128 valence electrons. The van der Waals surface area contributed by atoms with Crippen LogP contribution in [-0.4, -0.2) is 19.9 Å². The van der Waals surface area contributed by atoms with Crippen LogP contribution in [0.3, 0.4) is 0 Å². The van der Waals surface area contributed by atoms with E-state index in [4.69, 9.17) is 4.42 Å². The number of rotatable bonds is 2. The van der Waals surface area contributed by atoms with Crippen molar-refractivity contribution in [1.82, 2.24) is 19.9 Å². The molecule has 0 saturated heterocycles. The topological polar surface area (TPSA) is 67.6 Å². The summed E-state index contributed by atoms with van der Waals surface area (Å²) in [5.74, 6) is 1.42. The maximum atomic E-state index is 5.96. The monoisotopic (exact) mass is 368 g/mol. The fourth-order valence-electron chi connectivity index (χ4n) is 3.28. The minimum absolute atomic E-state index is 0.599. The van der Waals surface area contributed by atoms with E-state index < -0.39 is 0 Å². The van der Waals surface area contributed by atoms with Crippen molar-refractivity contribution in [3.8, 4) is 22.8 Å². The lowest BCUT2D eigenvalue weighted by Gasteiger charge is -1.95. The number of hydrogen-bond donors (Lipinski definition) is 1. The molecule has 0 fully saturated rings. The second-order valence-electron chi connectivity index (χ2n) is 6.34. The average Bonchev–Trinajstić information content (AvgIpc) is 3.42. The molecule has 0 unspecified atom stereocenters. The Hall–Kier alpha value is -3.51. The summed E-state index contributed by atoms with van der Waals surface area (Å²) in [5.41, 5.74) is 8.24. The van der Waals surface area contributed by atoms with Crippen molar-refractivity contribution in [3.05, 3.63) is 66.2 Å². The third-order valence-corrected chi connectivity index (χ3v) is 5.44. The van der Waals surface area contributed by atoms with Gasteiger partial charge in [0.1, 0.15) is 11.3 Å². The smallest absolute Gasteiger partial charge is 0.227 e. The fourth-order valence-corrected chi connectivity index (χ4v) is 3.94. The summed E-state index contributed by atoms with van der Waals surface area (Å²) >= 11 is 1.62. The molecule has 0 aliphatic heterocycles. The Balaban J connectivity index is 1.46. The molecule has 0 radical (unpaired) electrons. The lowest BCUT2D eigenvalue weighted by Crippen LogP contribution is -1.80. The van der Waals surface area contributed by atoms with Gasteiger partial charge in [0.25, 0.3) is 0 Å².